The zero-order chi connectivity index (χ0) is 19.0. The fraction of sp³-hybridized carbons (Fsp3) is 0.391. The molecule has 0 N–H and O–H groups in total. The number of hydrogen-bond donors (Lipinski definition) is 0. The third kappa shape index (κ3) is 3.36. The molecule has 0 bridgehead atoms. The number of rotatable bonds is 3. The number of aryl methyl sites for hydroxylation is 2. The normalized spacial score (nSPS) is 22.7. The van der Waals surface area contributed by atoms with Crippen LogP contribution in [0.15, 0.2) is 48.5 Å². The van der Waals surface area contributed by atoms with E-state index in [0.29, 0.717) is 12.2 Å². The quantitative estimate of drug-likeness (QED) is 0.784. The molecule has 4 nitrogen and oxygen atoms in total. The SMILES string of the molecule is Cc1ccc(CN2C(=O)N(c3ccc(C)cc3)C(=O)C3CCCCC32)cc1. The Labute approximate surface area is 160 Å². The number of nitrogens with zero attached hydrogens (tertiary/aromatic N) is 2. The lowest BCUT2D eigenvalue weighted by molar-refractivity contribution is -0.126. The van der Waals surface area contributed by atoms with Crippen molar-refractivity contribution in [1.29, 1.82) is 0 Å². The summed E-state index contributed by atoms with van der Waals surface area (Å²) in [5.74, 6) is -0.128. The van der Waals surface area contributed by atoms with E-state index in [0.717, 1.165) is 36.8 Å². The Morgan fingerprint density at radius 1 is 0.852 bits per heavy atom. The Morgan fingerprint density at radius 3 is 2.11 bits per heavy atom. The summed E-state index contributed by atoms with van der Waals surface area (Å²) in [6.07, 6.45) is 3.91. The van der Waals surface area contributed by atoms with Crippen LogP contribution in [0.3, 0.4) is 0 Å². The average molecular weight is 362 g/mol. The molecule has 2 fully saturated rings. The number of anilines is 1. The van der Waals surface area contributed by atoms with Crippen molar-refractivity contribution >= 4 is 17.6 Å². The standard InChI is InChI=1S/C23H26N2O2/c1-16-7-11-18(12-8-16)15-24-21-6-4-3-5-20(21)22(26)25(23(24)27)19-13-9-17(2)10-14-19/h7-14,20-21H,3-6,15H2,1-2H3. The van der Waals surface area contributed by atoms with Crippen LogP contribution in [0.2, 0.25) is 0 Å². The summed E-state index contributed by atoms with van der Waals surface area (Å²) in [7, 11) is 0. The van der Waals surface area contributed by atoms with Gasteiger partial charge in [-0.3, -0.25) is 4.79 Å². The summed E-state index contributed by atoms with van der Waals surface area (Å²) >= 11 is 0. The third-order valence-corrected chi connectivity index (χ3v) is 5.87. The lowest BCUT2D eigenvalue weighted by Crippen LogP contribution is -2.62. The van der Waals surface area contributed by atoms with Crippen LogP contribution in [-0.2, 0) is 11.3 Å². The van der Waals surface area contributed by atoms with Crippen molar-refractivity contribution < 1.29 is 9.59 Å². The van der Waals surface area contributed by atoms with Crippen LogP contribution >= 0.6 is 0 Å². The molecular weight excluding hydrogens is 336 g/mol. The molecule has 1 aliphatic heterocycles. The maximum Gasteiger partial charge on any atom is 0.331 e. The molecule has 27 heavy (non-hydrogen) atoms. The van der Waals surface area contributed by atoms with E-state index in [4.69, 9.17) is 0 Å². The molecular formula is C23H26N2O2. The first kappa shape index (κ1) is 17.8. The van der Waals surface area contributed by atoms with Crippen LogP contribution in [0.25, 0.3) is 0 Å². The Kier molecular flexibility index (Phi) is 4.73. The fourth-order valence-corrected chi connectivity index (χ4v) is 4.31. The number of carbonyl (C=O) groups excluding carboxylic acids is 2. The molecule has 4 rings (SSSR count). The lowest BCUT2D eigenvalue weighted by atomic mass is 9.81. The van der Waals surface area contributed by atoms with Gasteiger partial charge in [0.1, 0.15) is 0 Å². The highest BCUT2D eigenvalue weighted by atomic mass is 16.2. The van der Waals surface area contributed by atoms with Crippen LogP contribution in [0.4, 0.5) is 10.5 Å². The van der Waals surface area contributed by atoms with Crippen molar-refractivity contribution in [3.05, 3.63) is 65.2 Å². The van der Waals surface area contributed by atoms with Gasteiger partial charge in [-0.1, -0.05) is 60.4 Å². The zero-order valence-electron chi connectivity index (χ0n) is 16.0. The Morgan fingerprint density at radius 2 is 1.44 bits per heavy atom. The number of hydrogen-bond acceptors (Lipinski definition) is 2. The molecule has 2 aromatic carbocycles. The number of imide groups is 1. The first-order valence-corrected chi connectivity index (χ1v) is 9.81. The van der Waals surface area contributed by atoms with Crippen molar-refractivity contribution in [1.82, 2.24) is 4.90 Å². The van der Waals surface area contributed by atoms with E-state index < -0.39 is 0 Å². The van der Waals surface area contributed by atoms with Crippen molar-refractivity contribution in [2.75, 3.05) is 4.90 Å². The lowest BCUT2D eigenvalue weighted by Gasteiger charge is -2.46. The largest absolute Gasteiger partial charge is 0.331 e. The molecule has 0 spiro atoms. The molecule has 2 unspecified atom stereocenters. The number of urea groups is 1. The second-order valence-corrected chi connectivity index (χ2v) is 7.86. The molecule has 2 aromatic rings. The molecule has 1 aliphatic carbocycles. The van der Waals surface area contributed by atoms with Gasteiger partial charge >= 0.3 is 6.03 Å². The van der Waals surface area contributed by atoms with Gasteiger partial charge in [-0.25, -0.2) is 9.69 Å². The van der Waals surface area contributed by atoms with E-state index >= 15 is 0 Å². The number of benzene rings is 2. The highest BCUT2D eigenvalue weighted by Crippen LogP contribution is 2.37. The fourth-order valence-electron chi connectivity index (χ4n) is 4.31. The number of carbonyl (C=O) groups is 2. The average Bonchev–Trinajstić information content (AvgIpc) is 2.68. The number of fused-ring (bicyclic) bond motifs is 1. The molecule has 0 aromatic heterocycles. The van der Waals surface area contributed by atoms with Crippen LogP contribution in [0.5, 0.6) is 0 Å². The Hall–Kier alpha value is -2.62. The van der Waals surface area contributed by atoms with Crippen LogP contribution < -0.4 is 4.90 Å². The molecule has 140 valence electrons. The Bertz CT molecular complexity index is 842. The molecule has 1 saturated carbocycles. The highest BCUT2D eigenvalue weighted by Gasteiger charge is 2.47. The molecule has 2 atom stereocenters. The van der Waals surface area contributed by atoms with Gasteiger partial charge in [0.05, 0.1) is 11.6 Å². The van der Waals surface area contributed by atoms with Crippen LogP contribution in [0.1, 0.15) is 42.4 Å². The predicted molar refractivity (Wildman–Crippen MR) is 107 cm³/mol. The predicted octanol–water partition coefficient (Wildman–Crippen LogP) is 4.83. The summed E-state index contributed by atoms with van der Waals surface area (Å²) in [6, 6.07) is 15.8. The molecule has 3 amide bonds. The molecule has 2 aliphatic rings. The van der Waals surface area contributed by atoms with Gasteiger partial charge in [-0.2, -0.15) is 0 Å². The molecule has 1 heterocycles. The van der Waals surface area contributed by atoms with Crippen molar-refractivity contribution in [2.45, 2.75) is 52.1 Å². The minimum atomic E-state index is -0.187. The van der Waals surface area contributed by atoms with E-state index in [1.165, 1.54) is 10.5 Å². The number of amides is 3. The van der Waals surface area contributed by atoms with E-state index in [2.05, 4.69) is 31.2 Å². The van der Waals surface area contributed by atoms with Gasteiger partial charge in [0.15, 0.2) is 0 Å². The van der Waals surface area contributed by atoms with E-state index in [9.17, 15) is 9.59 Å². The van der Waals surface area contributed by atoms with Gasteiger partial charge in [0.2, 0.25) is 5.91 Å². The first-order chi connectivity index (χ1) is 13.0. The smallest absolute Gasteiger partial charge is 0.316 e. The minimum Gasteiger partial charge on any atom is -0.316 e. The van der Waals surface area contributed by atoms with Gasteiger partial charge < -0.3 is 4.90 Å². The monoisotopic (exact) mass is 362 g/mol. The summed E-state index contributed by atoms with van der Waals surface area (Å²) in [6.45, 7) is 4.62. The Balaban J connectivity index is 1.69. The summed E-state index contributed by atoms with van der Waals surface area (Å²) in [5, 5.41) is 0. The maximum atomic E-state index is 13.4. The first-order valence-electron chi connectivity index (χ1n) is 9.81. The molecule has 4 heteroatoms. The van der Waals surface area contributed by atoms with Crippen LogP contribution in [-0.4, -0.2) is 22.9 Å². The van der Waals surface area contributed by atoms with Crippen molar-refractivity contribution in [3.63, 3.8) is 0 Å². The van der Waals surface area contributed by atoms with E-state index in [1.54, 1.807) is 0 Å². The van der Waals surface area contributed by atoms with E-state index in [-0.39, 0.29) is 23.9 Å². The van der Waals surface area contributed by atoms with Gasteiger partial charge in [-0.15, -0.1) is 0 Å². The molecule has 0 radical (unpaired) electrons. The van der Waals surface area contributed by atoms with Gasteiger partial charge in [0.25, 0.3) is 0 Å². The molecule has 1 saturated heterocycles. The minimum absolute atomic E-state index is 0.0155. The second kappa shape index (κ2) is 7.18. The van der Waals surface area contributed by atoms with E-state index in [1.807, 2.05) is 36.1 Å². The van der Waals surface area contributed by atoms with Gasteiger partial charge in [-0.05, 0) is 44.4 Å². The van der Waals surface area contributed by atoms with Crippen LogP contribution in [0, 0.1) is 19.8 Å². The topological polar surface area (TPSA) is 40.6 Å². The summed E-state index contributed by atoms with van der Waals surface area (Å²) in [4.78, 5) is 29.9. The van der Waals surface area contributed by atoms with Crippen molar-refractivity contribution in [3.8, 4) is 0 Å². The second-order valence-electron chi connectivity index (χ2n) is 7.86. The summed E-state index contributed by atoms with van der Waals surface area (Å²) in [5.41, 5.74) is 4.10. The third-order valence-electron chi connectivity index (χ3n) is 5.87. The van der Waals surface area contributed by atoms with Crippen molar-refractivity contribution in [2.24, 2.45) is 5.92 Å². The summed E-state index contributed by atoms with van der Waals surface area (Å²) < 4.78 is 0. The maximum absolute atomic E-state index is 13.4. The highest BCUT2D eigenvalue weighted by molar-refractivity contribution is 6.17. The van der Waals surface area contributed by atoms with Gasteiger partial charge in [0, 0.05) is 12.6 Å². The zero-order valence-corrected chi connectivity index (χ0v) is 16.0.